The molecule has 4 aliphatic rings. The number of aliphatic hydroxyl groups excluding tert-OH is 2. The number of aliphatic hydroxyl groups is 2. The van der Waals surface area contributed by atoms with Crippen molar-refractivity contribution in [3.05, 3.63) is 196 Å². The summed E-state index contributed by atoms with van der Waals surface area (Å²) in [5, 5.41) is 58.5. The molecular weight excluding hydrogens is 1840 g/mol. The fourth-order valence-electron chi connectivity index (χ4n) is 8.87. The van der Waals surface area contributed by atoms with Gasteiger partial charge in [0, 0.05) is 82.1 Å². The van der Waals surface area contributed by atoms with Crippen LogP contribution < -0.4 is 81.3 Å². The largest absolute Gasteiger partial charge is 1.00 e. The van der Waals surface area contributed by atoms with Crippen molar-refractivity contribution in [3.8, 4) is 40.6 Å². The number of methoxy groups -OCH3 is 5. The Hall–Kier alpha value is -8.98. The smallest absolute Gasteiger partial charge is 0.793 e. The van der Waals surface area contributed by atoms with Crippen LogP contribution in [-0.2, 0) is 31.2 Å². The number of aromatic carboxylic acids is 1. The van der Waals surface area contributed by atoms with Gasteiger partial charge in [-0.15, -0.1) is 0 Å². The summed E-state index contributed by atoms with van der Waals surface area (Å²) in [5.41, 5.74) is 20.4. The van der Waals surface area contributed by atoms with Crippen LogP contribution in [0.1, 0.15) is 40.9 Å². The monoisotopic (exact) mass is 1920 g/mol. The Kier molecular flexibility index (Phi) is 58.3. The second kappa shape index (κ2) is 63.0. The molecule has 0 aliphatic carbocycles. The van der Waals surface area contributed by atoms with Crippen molar-refractivity contribution < 1.29 is 106 Å². The summed E-state index contributed by atoms with van der Waals surface area (Å²) in [6.45, 7) is 7.48. The minimum absolute atomic E-state index is 0. The number of nitrogens with zero attached hydrogens (tertiary/aromatic N) is 12. The number of amidine groups is 2. The number of H-pyrrole nitrogens is 1. The number of ether oxygens (including phenoxy) is 5. The first kappa shape index (κ1) is 112. The van der Waals surface area contributed by atoms with E-state index in [0.717, 1.165) is 131 Å². The molecule has 0 bridgehead atoms. The van der Waals surface area contributed by atoms with Crippen LogP contribution in [0.4, 0.5) is 31.7 Å². The number of hydrogen-bond donors (Lipinski definition) is 11. The first-order chi connectivity index (χ1) is 57.0. The fraction of sp³-hybridized carbons (Fsp3) is 0.233. The van der Waals surface area contributed by atoms with Gasteiger partial charge in [0.25, 0.3) is 11.5 Å². The molecule has 648 valence electrons. The predicted molar refractivity (Wildman–Crippen MR) is 477 cm³/mol. The average molecular weight is 1930 g/mol. The van der Waals surface area contributed by atoms with Crippen LogP contribution in [0.25, 0.3) is 32.7 Å². The Morgan fingerprint density at radius 3 is 1.53 bits per heavy atom. The van der Waals surface area contributed by atoms with Gasteiger partial charge in [-0.3, -0.25) is 29.5 Å². The number of alkyl halides is 3. The number of nitriles is 1. The molecular formula is C73H81Cl9F2N18NaO15PS2. The van der Waals surface area contributed by atoms with Gasteiger partial charge in [0.05, 0.1) is 126 Å². The van der Waals surface area contributed by atoms with Crippen LogP contribution in [0, 0.1) is 28.4 Å². The van der Waals surface area contributed by atoms with Crippen molar-refractivity contribution in [2.75, 3.05) is 105 Å². The van der Waals surface area contributed by atoms with E-state index in [0.29, 0.717) is 46.5 Å². The maximum absolute atomic E-state index is 12.4. The number of fused-ring (bicyclic) bond motifs is 9. The van der Waals surface area contributed by atoms with E-state index >= 15 is 0 Å². The van der Waals surface area contributed by atoms with Crippen molar-refractivity contribution in [3.63, 3.8) is 0 Å². The number of nitrogens with one attached hydrogen (secondary N) is 3. The predicted octanol–water partition coefficient (Wildman–Crippen LogP) is 11.6. The number of aromatic hydroxyl groups is 1. The van der Waals surface area contributed by atoms with Gasteiger partial charge in [-0.25, -0.2) is 52.7 Å². The molecule has 0 atom stereocenters. The number of nitrogens with two attached hydrogens (primary N) is 3. The first-order valence-electron chi connectivity index (χ1n) is 33.5. The molecule has 0 fully saturated rings. The molecule has 0 spiro atoms. The van der Waals surface area contributed by atoms with Crippen LogP contribution in [0.5, 0.6) is 34.5 Å². The molecule has 7 heterocycles. The number of aliphatic carboxylic acids is 1. The number of benzene rings is 7. The topological polar surface area (TPSA) is 507 Å². The fourth-order valence-corrected chi connectivity index (χ4v) is 9.07. The zero-order valence-electron chi connectivity index (χ0n) is 65.4. The third-order valence-electron chi connectivity index (χ3n) is 13.7. The van der Waals surface area contributed by atoms with Gasteiger partial charge in [-0.1, -0.05) is 59.4 Å². The van der Waals surface area contributed by atoms with E-state index in [9.17, 15) is 28.0 Å². The Labute approximate surface area is 767 Å². The zero-order valence-corrected chi connectivity index (χ0v) is 76.7. The van der Waals surface area contributed by atoms with E-state index < -0.39 is 47.9 Å². The number of nitrogen functional groups attached to an aromatic ring is 1. The Morgan fingerprint density at radius 2 is 1.10 bits per heavy atom. The minimum Gasteiger partial charge on any atom is -0.793 e. The molecule has 33 nitrogen and oxygen atoms in total. The summed E-state index contributed by atoms with van der Waals surface area (Å²) >= 11 is 38.5. The SMILES string of the molecule is CC(=O)O.CC[S-].COc1ccc(N)c(C(=O)O)c1.COc1ccc2c(c1)C1=NCCN1C=N2.COc1ccc2nc[nH]c(=O)c2c1.COc1ccc2ncnc(Cl)c2c1.COc1ccc2ncnc(NCCO)c2c1.ClC(Cl)Cl.N#Cc1c(F)cccc1F.N=CN.NCCO.O=P(Cl)(Cl)Cl.O=S(Cl)Cl.Oc1ccc2c(c1)C1=NCCN1C=N2.[Na+]. The number of rotatable bonds is 10. The molecule has 0 radical (unpaired) electrons. The van der Waals surface area contributed by atoms with Gasteiger partial charge in [0.2, 0.25) is 9.23 Å². The number of aromatic nitrogens is 6. The number of phenols is 1. The number of hydrogen-bond acceptors (Lipinski definition) is 30. The van der Waals surface area contributed by atoms with Gasteiger partial charge in [-0.05, 0) is 155 Å². The normalized spacial score (nSPS) is 11.2. The molecule has 0 saturated carbocycles. The summed E-state index contributed by atoms with van der Waals surface area (Å²) in [7, 11) is 15.3. The van der Waals surface area contributed by atoms with Crippen molar-refractivity contribution >= 4 is 227 Å². The Morgan fingerprint density at radius 1 is 0.711 bits per heavy atom. The van der Waals surface area contributed by atoms with Gasteiger partial charge in [0.15, 0.2) is 4.30 Å². The molecule has 0 amide bonds. The summed E-state index contributed by atoms with van der Waals surface area (Å²) in [4.78, 5) is 75.2. The molecule has 121 heavy (non-hydrogen) atoms. The molecule has 0 saturated heterocycles. The summed E-state index contributed by atoms with van der Waals surface area (Å²) in [5.74, 6) is 3.72. The van der Waals surface area contributed by atoms with Gasteiger partial charge in [0.1, 0.15) is 93.1 Å². The third-order valence-corrected chi connectivity index (χ3v) is 14.0. The molecule has 10 aromatic rings. The maximum atomic E-state index is 12.4. The van der Waals surface area contributed by atoms with Gasteiger partial charge < -0.3 is 99.1 Å². The standard InChI is InChI=1S/C11H13N3O2.C11H11N3O.C10H9N3O.C9H7ClN2O.C9H8N2O2.C8H9NO3.C7H3F2N.C2H7NO.C2H4O2.C2H6S.CHCl3.CH4N2.Cl3OP.Cl2OS.Na/c1-16-8-2-3-10-9(6-8)11(12-4-5-15)14-7-13-10;1-15-8-2-3-10-9(6-8)11-12-4-5-14(11)7-13-10;14-7-1-2-9-8(5-7)10-11-3-4-13(10)6-12-9;1-13-6-2-3-8-7(4-6)9(10)12-5-11-8;1-13-6-2-3-8-7(4-6)9(12)11-5-10-8;1-12-5-2-3-7(9)6(4-5)8(10)11;8-6-2-1-3-7(9)5(6)4-10;3-1-2-4;1-2(3)4;1-2-3;2-1(3)4;2-1-3;1-5(2,3)4;1-4(2)3;/h2-3,6-7,15H,4-5H2,1H3,(H,12,13,14);2-3,6-7H,4-5H2,1H3;1-2,5-6,14H,3-4H2;2-5H,1H3;2-5H,1H3,(H,10,11,12);2-4H,9H2,1H3,(H,10,11);1-3H;4H,1-3H2;1H3,(H,3,4);3H,2H2,1H3;1H;1H,(H3,2,3);;;/q;;;;;;;;;;;;;;+1/p-1. The Balaban J connectivity index is 0.00000132. The van der Waals surface area contributed by atoms with Gasteiger partial charge in [-0.2, -0.15) is 11.0 Å². The first-order valence-corrected chi connectivity index (χ1v) is 43.0. The molecule has 7 aromatic carbocycles. The third kappa shape index (κ3) is 44.6. The number of aliphatic imine (C=N–C) groups is 4. The molecule has 3 aromatic heterocycles. The van der Waals surface area contributed by atoms with E-state index in [1.807, 2.05) is 72.8 Å². The zero-order chi connectivity index (χ0) is 90.5. The number of carbonyl (C=O) groups is 2. The molecule has 4 aliphatic heterocycles. The second-order valence-corrected chi connectivity index (χ2v) is 33.7. The van der Waals surface area contributed by atoms with E-state index in [4.69, 9.17) is 122 Å². The summed E-state index contributed by atoms with van der Waals surface area (Å²) in [6.07, 6.45) is 8.72. The van der Waals surface area contributed by atoms with E-state index in [1.165, 1.54) is 50.4 Å². The molecule has 14 rings (SSSR count). The average Bonchev–Trinajstić information content (AvgIpc) is 1.64. The van der Waals surface area contributed by atoms with E-state index in [-0.39, 0.29) is 65.3 Å². The maximum Gasteiger partial charge on any atom is 1.00 e. The van der Waals surface area contributed by atoms with Crippen LogP contribution >= 0.6 is 107 Å². The Bertz CT molecular complexity index is 5150. The second-order valence-electron chi connectivity index (χ2n) is 21.6. The number of aromatic amines is 1. The van der Waals surface area contributed by atoms with Crippen molar-refractivity contribution in [1.82, 2.24) is 39.7 Å². The van der Waals surface area contributed by atoms with Gasteiger partial charge >= 0.3 is 40.7 Å². The number of anilines is 2. The molecule has 14 N–H and O–H groups in total. The van der Waals surface area contributed by atoms with E-state index in [2.05, 4.69) is 134 Å². The molecule has 48 heteroatoms. The van der Waals surface area contributed by atoms with Crippen molar-refractivity contribution in [1.29, 1.82) is 10.7 Å². The quantitative estimate of drug-likeness (QED) is 0.00697. The van der Waals surface area contributed by atoms with Crippen molar-refractivity contribution in [2.45, 2.75) is 18.1 Å². The summed E-state index contributed by atoms with van der Waals surface area (Å²) in [6, 6.07) is 36.5. The number of carboxylic acids is 2. The summed E-state index contributed by atoms with van der Waals surface area (Å²) < 4.78 is 67.9. The minimum atomic E-state index is -3.22. The van der Waals surface area contributed by atoms with Crippen LogP contribution in [0.15, 0.2) is 171 Å². The molecule has 0 unspecified atom stereocenters. The van der Waals surface area contributed by atoms with E-state index in [1.54, 1.807) is 77.2 Å². The number of phenolic OH excluding ortho intramolecular Hbond substituents is 1. The van der Waals surface area contributed by atoms with Crippen LogP contribution in [-0.4, -0.2) is 210 Å². The van der Waals surface area contributed by atoms with Crippen LogP contribution in [0.3, 0.4) is 0 Å². The van der Waals surface area contributed by atoms with Crippen LogP contribution in [0.2, 0.25) is 5.15 Å². The van der Waals surface area contributed by atoms with Crippen molar-refractivity contribution in [2.24, 2.45) is 31.4 Å². The number of carboxylic acid groups (broad SMARTS) is 2. The number of halogens is 11.